The second-order valence-corrected chi connectivity index (χ2v) is 10.0. The van der Waals surface area contributed by atoms with Crippen molar-refractivity contribution in [1.82, 2.24) is 9.21 Å². The largest absolute Gasteiger partial charge is 0.466 e. The second-order valence-electron chi connectivity index (χ2n) is 8.12. The maximum Gasteiger partial charge on any atom is 0.309 e. The van der Waals surface area contributed by atoms with Crippen LogP contribution in [-0.4, -0.2) is 62.3 Å². The van der Waals surface area contributed by atoms with E-state index in [4.69, 9.17) is 4.74 Å². The molecule has 0 aromatic heterocycles. The summed E-state index contributed by atoms with van der Waals surface area (Å²) in [5.74, 6) is -0.568. The molecular formula is C22H32N2O5S. The Kier molecular flexibility index (Phi) is 7.52. The van der Waals surface area contributed by atoms with E-state index in [1.54, 1.807) is 35.2 Å². The van der Waals surface area contributed by atoms with Gasteiger partial charge in [-0.05, 0) is 57.2 Å². The van der Waals surface area contributed by atoms with Crippen LogP contribution in [0.25, 0.3) is 0 Å². The van der Waals surface area contributed by atoms with Gasteiger partial charge in [0.25, 0.3) is 5.91 Å². The second kappa shape index (κ2) is 9.92. The molecule has 1 aromatic carbocycles. The van der Waals surface area contributed by atoms with Crippen molar-refractivity contribution in [3.05, 3.63) is 29.3 Å². The molecule has 7 nitrogen and oxygen atoms in total. The number of hydrogen-bond acceptors (Lipinski definition) is 5. The van der Waals surface area contributed by atoms with Crippen LogP contribution in [0, 0.1) is 12.8 Å². The van der Waals surface area contributed by atoms with Gasteiger partial charge in [-0.3, -0.25) is 9.59 Å². The normalized spacial score (nSPS) is 19.3. The predicted octanol–water partition coefficient (Wildman–Crippen LogP) is 2.98. The molecule has 0 unspecified atom stereocenters. The molecule has 0 N–H and O–H groups in total. The number of amides is 1. The van der Waals surface area contributed by atoms with E-state index in [1.165, 1.54) is 6.07 Å². The van der Waals surface area contributed by atoms with Crippen LogP contribution in [0.2, 0.25) is 0 Å². The first kappa shape index (κ1) is 22.7. The molecule has 0 radical (unpaired) electrons. The summed E-state index contributed by atoms with van der Waals surface area (Å²) in [5, 5.41) is 0. The molecule has 0 bridgehead atoms. The van der Waals surface area contributed by atoms with Crippen molar-refractivity contribution < 1.29 is 22.7 Å². The first-order chi connectivity index (χ1) is 14.3. The Morgan fingerprint density at radius 1 is 1.03 bits per heavy atom. The molecule has 2 fully saturated rings. The van der Waals surface area contributed by atoms with Crippen LogP contribution in [-0.2, 0) is 19.6 Å². The minimum Gasteiger partial charge on any atom is -0.466 e. The van der Waals surface area contributed by atoms with Gasteiger partial charge in [0, 0.05) is 31.7 Å². The van der Waals surface area contributed by atoms with Gasteiger partial charge in [0.05, 0.1) is 17.4 Å². The van der Waals surface area contributed by atoms with Gasteiger partial charge >= 0.3 is 5.97 Å². The number of benzene rings is 1. The highest BCUT2D eigenvalue weighted by Crippen LogP contribution is 2.26. The van der Waals surface area contributed by atoms with Crippen molar-refractivity contribution in [1.29, 1.82) is 0 Å². The Hall–Kier alpha value is -1.93. The van der Waals surface area contributed by atoms with Crippen LogP contribution < -0.4 is 0 Å². The summed E-state index contributed by atoms with van der Waals surface area (Å²) in [6.45, 7) is 5.89. The minimum absolute atomic E-state index is 0.175. The fourth-order valence-electron chi connectivity index (χ4n) is 4.19. The molecule has 1 amide bonds. The molecule has 3 rings (SSSR count). The standard InChI is InChI=1S/C22H32N2O5S/c1-3-29-22(26)18-10-14-23(15-11-18)21(25)19-9-8-17(2)20(16-19)30(27,28)24-12-6-4-5-7-13-24/h8-9,16,18H,3-7,10-15H2,1-2H3. The van der Waals surface area contributed by atoms with Gasteiger partial charge in [0.2, 0.25) is 10.0 Å². The molecular weight excluding hydrogens is 404 g/mol. The lowest BCUT2D eigenvalue weighted by atomic mass is 9.96. The van der Waals surface area contributed by atoms with E-state index in [2.05, 4.69) is 0 Å². The maximum atomic E-state index is 13.2. The molecule has 8 heteroatoms. The van der Waals surface area contributed by atoms with E-state index in [1.807, 2.05) is 0 Å². The fourth-order valence-corrected chi connectivity index (χ4v) is 5.96. The van der Waals surface area contributed by atoms with Crippen molar-refractivity contribution in [3.8, 4) is 0 Å². The fraction of sp³-hybridized carbons (Fsp3) is 0.636. The van der Waals surface area contributed by atoms with Crippen molar-refractivity contribution >= 4 is 21.9 Å². The highest BCUT2D eigenvalue weighted by Gasteiger charge is 2.31. The van der Waals surface area contributed by atoms with Crippen molar-refractivity contribution in [3.63, 3.8) is 0 Å². The lowest BCUT2D eigenvalue weighted by Gasteiger charge is -2.31. The van der Waals surface area contributed by atoms with E-state index in [0.29, 0.717) is 56.8 Å². The number of likely N-dealkylation sites (tertiary alicyclic amines) is 1. The van der Waals surface area contributed by atoms with Crippen LogP contribution in [0.15, 0.2) is 23.1 Å². The van der Waals surface area contributed by atoms with E-state index in [-0.39, 0.29) is 22.7 Å². The van der Waals surface area contributed by atoms with Gasteiger partial charge in [-0.1, -0.05) is 18.9 Å². The summed E-state index contributed by atoms with van der Waals surface area (Å²) in [6.07, 6.45) is 4.96. The zero-order chi connectivity index (χ0) is 21.7. The van der Waals surface area contributed by atoms with Crippen molar-refractivity contribution in [2.75, 3.05) is 32.8 Å². The topological polar surface area (TPSA) is 84.0 Å². The number of aryl methyl sites for hydroxylation is 1. The lowest BCUT2D eigenvalue weighted by Crippen LogP contribution is -2.40. The maximum absolute atomic E-state index is 13.2. The zero-order valence-electron chi connectivity index (χ0n) is 17.9. The number of rotatable bonds is 5. The van der Waals surface area contributed by atoms with Gasteiger partial charge < -0.3 is 9.64 Å². The number of piperidine rings is 1. The molecule has 0 atom stereocenters. The van der Waals surface area contributed by atoms with Crippen LogP contribution in [0.4, 0.5) is 0 Å². The summed E-state index contributed by atoms with van der Waals surface area (Å²) in [4.78, 5) is 26.9. The van der Waals surface area contributed by atoms with Gasteiger partial charge in [-0.15, -0.1) is 0 Å². The average Bonchev–Trinajstić information content (AvgIpc) is 3.04. The zero-order valence-corrected chi connectivity index (χ0v) is 18.7. The third-order valence-electron chi connectivity index (χ3n) is 6.02. The number of nitrogens with zero attached hydrogens (tertiary/aromatic N) is 2. The first-order valence-electron chi connectivity index (χ1n) is 10.9. The number of ether oxygens (including phenoxy) is 1. The summed E-state index contributed by atoms with van der Waals surface area (Å²) < 4.78 is 33.1. The van der Waals surface area contributed by atoms with Crippen LogP contribution in [0.1, 0.15) is 61.4 Å². The van der Waals surface area contributed by atoms with Crippen molar-refractivity contribution in [2.45, 2.75) is 57.3 Å². The first-order valence-corrected chi connectivity index (χ1v) is 12.3. The van der Waals surface area contributed by atoms with Gasteiger partial charge in [0.15, 0.2) is 0 Å². The van der Waals surface area contributed by atoms with E-state index < -0.39 is 10.0 Å². The number of carbonyl (C=O) groups excluding carboxylic acids is 2. The van der Waals surface area contributed by atoms with Gasteiger partial charge in [0.1, 0.15) is 0 Å². The third-order valence-corrected chi connectivity index (χ3v) is 8.06. The number of sulfonamides is 1. The Labute approximate surface area is 179 Å². The summed E-state index contributed by atoms with van der Waals surface area (Å²) in [7, 11) is -3.63. The Morgan fingerprint density at radius 2 is 1.67 bits per heavy atom. The van der Waals surface area contributed by atoms with Crippen LogP contribution in [0.3, 0.4) is 0 Å². The molecule has 2 saturated heterocycles. The molecule has 0 aliphatic carbocycles. The molecule has 0 saturated carbocycles. The highest BCUT2D eigenvalue weighted by atomic mass is 32.2. The Morgan fingerprint density at radius 3 is 2.27 bits per heavy atom. The summed E-state index contributed by atoms with van der Waals surface area (Å²) in [5.41, 5.74) is 1.03. The highest BCUT2D eigenvalue weighted by molar-refractivity contribution is 7.89. The number of hydrogen-bond donors (Lipinski definition) is 0. The van der Waals surface area contributed by atoms with E-state index in [9.17, 15) is 18.0 Å². The van der Waals surface area contributed by atoms with Crippen molar-refractivity contribution in [2.24, 2.45) is 5.92 Å². The number of carbonyl (C=O) groups is 2. The molecule has 0 spiro atoms. The van der Waals surface area contributed by atoms with Crippen LogP contribution >= 0.6 is 0 Å². The molecule has 2 aliphatic rings. The third kappa shape index (κ3) is 5.03. The predicted molar refractivity (Wildman–Crippen MR) is 114 cm³/mol. The quantitative estimate of drug-likeness (QED) is 0.663. The van der Waals surface area contributed by atoms with E-state index >= 15 is 0 Å². The molecule has 2 heterocycles. The Bertz CT molecular complexity index is 868. The van der Waals surface area contributed by atoms with Gasteiger partial charge in [-0.25, -0.2) is 8.42 Å². The lowest BCUT2D eigenvalue weighted by molar-refractivity contribution is -0.149. The van der Waals surface area contributed by atoms with Gasteiger partial charge in [-0.2, -0.15) is 4.31 Å². The smallest absolute Gasteiger partial charge is 0.309 e. The summed E-state index contributed by atoms with van der Waals surface area (Å²) >= 11 is 0. The van der Waals surface area contributed by atoms with Crippen LogP contribution in [0.5, 0.6) is 0 Å². The molecule has 30 heavy (non-hydrogen) atoms. The average molecular weight is 437 g/mol. The molecule has 1 aromatic rings. The SMILES string of the molecule is CCOC(=O)C1CCN(C(=O)c2ccc(C)c(S(=O)(=O)N3CCCCCC3)c2)CC1. The summed E-state index contributed by atoms with van der Waals surface area (Å²) in [6, 6.07) is 4.93. The monoisotopic (exact) mass is 436 g/mol. The Balaban J connectivity index is 1.75. The minimum atomic E-state index is -3.63. The molecule has 166 valence electrons. The van der Waals surface area contributed by atoms with E-state index in [0.717, 1.165) is 25.7 Å². The molecule has 2 aliphatic heterocycles. The number of esters is 1.